The van der Waals surface area contributed by atoms with Crippen LogP contribution < -0.4 is 14.4 Å². The summed E-state index contributed by atoms with van der Waals surface area (Å²) >= 11 is 0. The Hall–Kier alpha value is -3.85. The van der Waals surface area contributed by atoms with E-state index < -0.39 is 28.5 Å². The lowest BCUT2D eigenvalue weighted by molar-refractivity contribution is -0.139. The normalized spacial score (nSPS) is 12.7. The number of aryl methyl sites for hydroxylation is 1. The van der Waals surface area contributed by atoms with E-state index in [1.54, 1.807) is 49.4 Å². The fourth-order valence-corrected chi connectivity index (χ4v) is 5.56. The largest absolute Gasteiger partial charge is 0.494 e. The molecule has 0 spiro atoms. The molecule has 3 aromatic carbocycles. The maximum atomic E-state index is 14.0. The average molecular weight is 566 g/mol. The molecule has 0 saturated heterocycles. The number of sulfonamides is 1. The Bertz CT molecular complexity index is 1380. The Morgan fingerprint density at radius 2 is 1.52 bits per heavy atom. The molecule has 0 bridgehead atoms. The number of carbonyl (C=O) groups excluding carboxylic acids is 2. The molecule has 0 heterocycles. The summed E-state index contributed by atoms with van der Waals surface area (Å²) in [4.78, 5) is 28.6. The summed E-state index contributed by atoms with van der Waals surface area (Å²) in [5.74, 6) is -0.236. The number of benzene rings is 3. The minimum Gasteiger partial charge on any atom is -0.494 e. The summed E-state index contributed by atoms with van der Waals surface area (Å²) in [6.45, 7) is 9.46. The molecular formula is C31H39N3O5S. The lowest BCUT2D eigenvalue weighted by Gasteiger charge is -2.32. The van der Waals surface area contributed by atoms with Crippen molar-refractivity contribution in [3.05, 3.63) is 90.0 Å². The number of anilines is 1. The highest BCUT2D eigenvalue weighted by Gasteiger charge is 2.33. The third-order valence-electron chi connectivity index (χ3n) is 6.82. The summed E-state index contributed by atoms with van der Waals surface area (Å²) in [7, 11) is -4.13. The number of hydrogen-bond acceptors (Lipinski definition) is 5. The van der Waals surface area contributed by atoms with Gasteiger partial charge >= 0.3 is 0 Å². The van der Waals surface area contributed by atoms with Crippen molar-refractivity contribution in [1.82, 2.24) is 10.2 Å². The lowest BCUT2D eigenvalue weighted by Crippen LogP contribution is -2.52. The molecule has 0 aliphatic carbocycles. The summed E-state index contributed by atoms with van der Waals surface area (Å²) in [5, 5.41) is 2.95. The van der Waals surface area contributed by atoms with Gasteiger partial charge in [-0.05, 0) is 81.6 Å². The van der Waals surface area contributed by atoms with Crippen molar-refractivity contribution in [2.75, 3.05) is 17.5 Å². The molecule has 0 aromatic heterocycles. The number of amides is 2. The van der Waals surface area contributed by atoms with E-state index in [0.29, 0.717) is 18.0 Å². The highest BCUT2D eigenvalue weighted by molar-refractivity contribution is 7.92. The van der Waals surface area contributed by atoms with E-state index in [2.05, 4.69) is 5.32 Å². The van der Waals surface area contributed by atoms with Gasteiger partial charge in [-0.2, -0.15) is 0 Å². The van der Waals surface area contributed by atoms with Gasteiger partial charge < -0.3 is 15.0 Å². The van der Waals surface area contributed by atoms with E-state index >= 15 is 0 Å². The van der Waals surface area contributed by atoms with Crippen molar-refractivity contribution in [1.29, 1.82) is 0 Å². The number of ether oxygens (including phenoxy) is 1. The molecule has 3 rings (SSSR count). The molecule has 0 fully saturated rings. The summed E-state index contributed by atoms with van der Waals surface area (Å²) in [6.07, 6.45) is 0.742. The van der Waals surface area contributed by atoms with Gasteiger partial charge in [-0.1, -0.05) is 49.4 Å². The highest BCUT2D eigenvalue weighted by Crippen LogP contribution is 2.26. The number of nitrogens with zero attached hydrogens (tertiary/aromatic N) is 2. The van der Waals surface area contributed by atoms with Gasteiger partial charge in [0.05, 0.1) is 17.2 Å². The van der Waals surface area contributed by atoms with E-state index in [4.69, 9.17) is 4.74 Å². The number of carbonyl (C=O) groups is 2. The van der Waals surface area contributed by atoms with Crippen LogP contribution in [0.4, 0.5) is 5.69 Å². The molecule has 9 heteroatoms. The molecule has 0 aliphatic rings. The molecule has 40 heavy (non-hydrogen) atoms. The van der Waals surface area contributed by atoms with Gasteiger partial charge in [0.1, 0.15) is 18.3 Å². The standard InChI is InChI=1S/C31H39N3O5S/c1-6-24(4)32-31(36)25(5)33(21-26-14-12-11-13-23(26)3)30(35)22-34(27-15-9-8-10-16-27)40(37,38)29-19-17-28(18-20-29)39-7-2/h8-20,24-25H,6-7,21-22H2,1-5H3,(H,32,36)/t24-,25+/m1/s1. The second-order valence-corrected chi connectivity index (χ2v) is 11.6. The summed E-state index contributed by atoms with van der Waals surface area (Å²) in [5.41, 5.74) is 2.19. The predicted octanol–water partition coefficient (Wildman–Crippen LogP) is 4.92. The number of nitrogens with one attached hydrogen (secondary N) is 1. The van der Waals surface area contributed by atoms with Gasteiger partial charge in [0, 0.05) is 12.6 Å². The van der Waals surface area contributed by atoms with E-state index in [1.165, 1.54) is 17.0 Å². The van der Waals surface area contributed by atoms with Gasteiger partial charge in [-0.25, -0.2) is 8.42 Å². The minimum atomic E-state index is -4.13. The predicted molar refractivity (Wildman–Crippen MR) is 158 cm³/mol. The molecule has 2 amide bonds. The van der Waals surface area contributed by atoms with Crippen LogP contribution >= 0.6 is 0 Å². The minimum absolute atomic E-state index is 0.0284. The maximum Gasteiger partial charge on any atom is 0.264 e. The molecule has 214 valence electrons. The Morgan fingerprint density at radius 1 is 0.900 bits per heavy atom. The second kappa shape index (κ2) is 14.0. The van der Waals surface area contributed by atoms with Crippen LogP contribution in [0.15, 0.2) is 83.8 Å². The van der Waals surface area contributed by atoms with Gasteiger partial charge in [0.25, 0.3) is 10.0 Å². The highest BCUT2D eigenvalue weighted by atomic mass is 32.2. The Morgan fingerprint density at radius 3 is 2.12 bits per heavy atom. The van der Waals surface area contributed by atoms with Gasteiger partial charge in [-0.3, -0.25) is 13.9 Å². The SMILES string of the molecule is CCOc1ccc(S(=O)(=O)N(CC(=O)N(Cc2ccccc2C)[C@@H](C)C(=O)N[C@H](C)CC)c2ccccc2)cc1. The van der Waals surface area contributed by atoms with Gasteiger partial charge in [0.15, 0.2) is 0 Å². The van der Waals surface area contributed by atoms with Gasteiger partial charge in [-0.15, -0.1) is 0 Å². The number of rotatable bonds is 13. The van der Waals surface area contributed by atoms with Crippen molar-refractivity contribution in [2.45, 2.75) is 64.6 Å². The van der Waals surface area contributed by atoms with Crippen LogP contribution in [0.2, 0.25) is 0 Å². The zero-order valence-corrected chi connectivity index (χ0v) is 24.6. The van der Waals surface area contributed by atoms with Crippen molar-refractivity contribution in [2.24, 2.45) is 0 Å². The van der Waals surface area contributed by atoms with Crippen molar-refractivity contribution >= 4 is 27.5 Å². The average Bonchev–Trinajstić information content (AvgIpc) is 2.95. The van der Waals surface area contributed by atoms with Crippen LogP contribution in [0, 0.1) is 6.92 Å². The number of hydrogen-bond donors (Lipinski definition) is 1. The molecule has 0 aliphatic heterocycles. The van der Waals surface area contributed by atoms with Crippen molar-refractivity contribution < 1.29 is 22.7 Å². The molecule has 0 saturated carbocycles. The molecular weight excluding hydrogens is 526 g/mol. The van der Waals surface area contributed by atoms with Gasteiger partial charge in [0.2, 0.25) is 11.8 Å². The third-order valence-corrected chi connectivity index (χ3v) is 8.60. The Labute approximate surface area is 238 Å². The summed E-state index contributed by atoms with van der Waals surface area (Å²) < 4.78 is 34.3. The molecule has 0 radical (unpaired) electrons. The first kappa shape index (κ1) is 30.7. The first-order chi connectivity index (χ1) is 19.1. The van der Waals surface area contributed by atoms with Crippen LogP contribution in [-0.2, 0) is 26.2 Å². The van der Waals surface area contributed by atoms with Crippen molar-refractivity contribution in [3.63, 3.8) is 0 Å². The number of para-hydroxylation sites is 1. The molecule has 0 unspecified atom stereocenters. The Balaban J connectivity index is 2.00. The molecule has 1 N–H and O–H groups in total. The van der Waals surface area contributed by atoms with E-state index in [0.717, 1.165) is 21.9 Å². The first-order valence-electron chi connectivity index (χ1n) is 13.5. The van der Waals surface area contributed by atoms with Crippen molar-refractivity contribution in [3.8, 4) is 5.75 Å². The van der Waals surface area contributed by atoms with Crippen LogP contribution in [0.1, 0.15) is 45.2 Å². The molecule has 8 nitrogen and oxygen atoms in total. The third kappa shape index (κ3) is 7.63. The smallest absolute Gasteiger partial charge is 0.264 e. The molecule has 2 atom stereocenters. The topological polar surface area (TPSA) is 96.0 Å². The van der Waals surface area contributed by atoms with Crippen LogP contribution in [0.3, 0.4) is 0 Å². The zero-order valence-electron chi connectivity index (χ0n) is 23.8. The quantitative estimate of drug-likeness (QED) is 0.317. The van der Waals surface area contributed by atoms with Crippen LogP contribution in [0.25, 0.3) is 0 Å². The van der Waals surface area contributed by atoms with E-state index in [1.807, 2.05) is 52.0 Å². The summed E-state index contributed by atoms with van der Waals surface area (Å²) in [6, 6.07) is 21.3. The first-order valence-corrected chi connectivity index (χ1v) is 15.0. The molecule has 3 aromatic rings. The Kier molecular flexibility index (Phi) is 10.7. The lowest BCUT2D eigenvalue weighted by atomic mass is 10.1. The fourth-order valence-electron chi connectivity index (χ4n) is 4.14. The zero-order chi connectivity index (χ0) is 29.3. The monoisotopic (exact) mass is 565 g/mol. The maximum absolute atomic E-state index is 14.0. The second-order valence-electron chi connectivity index (χ2n) is 9.69. The van der Waals surface area contributed by atoms with E-state index in [9.17, 15) is 18.0 Å². The van der Waals surface area contributed by atoms with E-state index in [-0.39, 0.29) is 23.4 Å². The van der Waals surface area contributed by atoms with Crippen LogP contribution in [0.5, 0.6) is 5.75 Å². The van der Waals surface area contributed by atoms with Crippen LogP contribution in [-0.4, -0.2) is 50.4 Å². The fraction of sp³-hybridized carbons (Fsp3) is 0.355.